The summed E-state index contributed by atoms with van der Waals surface area (Å²) in [7, 11) is 0. The maximum Gasteiger partial charge on any atom is 0.328 e. The number of nitrogens with zero attached hydrogens (tertiary/aromatic N) is 3. The van der Waals surface area contributed by atoms with Crippen LogP contribution in [-0.2, 0) is 6.42 Å². The fourth-order valence-corrected chi connectivity index (χ4v) is 3.92. The van der Waals surface area contributed by atoms with Gasteiger partial charge < -0.3 is 5.11 Å². The molecule has 2 N–H and O–H groups in total. The van der Waals surface area contributed by atoms with Crippen molar-refractivity contribution < 1.29 is 14.3 Å². The minimum absolute atomic E-state index is 0.0125. The largest absolute Gasteiger partial charge is 0.396 e. The number of para-hydroxylation sites is 1. The van der Waals surface area contributed by atoms with Gasteiger partial charge in [-0.3, -0.25) is 10.2 Å². The maximum absolute atomic E-state index is 13.0. The van der Waals surface area contributed by atoms with Crippen LogP contribution < -0.4 is 10.2 Å². The Morgan fingerprint density at radius 1 is 1.22 bits per heavy atom. The van der Waals surface area contributed by atoms with E-state index in [1.54, 1.807) is 17.0 Å². The molecule has 0 aliphatic carbocycles. The number of fused-ring (bicyclic) bond motifs is 1. The van der Waals surface area contributed by atoms with Gasteiger partial charge in [0.25, 0.3) is 0 Å². The summed E-state index contributed by atoms with van der Waals surface area (Å²) in [5.74, 6) is -0.369. The van der Waals surface area contributed by atoms with Crippen molar-refractivity contribution in [2.45, 2.75) is 12.3 Å². The first-order chi connectivity index (χ1) is 13.1. The molecule has 2 aromatic carbocycles. The first kappa shape index (κ1) is 17.6. The van der Waals surface area contributed by atoms with E-state index in [9.17, 15) is 14.3 Å². The van der Waals surface area contributed by atoms with Gasteiger partial charge in [-0.2, -0.15) is 0 Å². The number of benzene rings is 2. The molecule has 138 valence electrons. The molecule has 0 saturated heterocycles. The zero-order chi connectivity index (χ0) is 18.8. The highest BCUT2D eigenvalue weighted by molar-refractivity contribution is 7.15. The standard InChI is InChI=1S/C19H17FN4O2S/c20-14-7-5-12(6-8-14)9-17-22-23-18(27-17)21-19(26)24-10-13(11-25)15-3-1-2-4-16(15)24/h1-8,13,25H,9-11H2,(H,21,23,26). The van der Waals surface area contributed by atoms with Crippen LogP contribution in [0.25, 0.3) is 0 Å². The van der Waals surface area contributed by atoms with Crippen LogP contribution >= 0.6 is 11.3 Å². The lowest BCUT2D eigenvalue weighted by molar-refractivity contribution is 0.253. The van der Waals surface area contributed by atoms with Crippen molar-refractivity contribution in [2.75, 3.05) is 23.4 Å². The van der Waals surface area contributed by atoms with Crippen LogP contribution in [0.15, 0.2) is 48.5 Å². The topological polar surface area (TPSA) is 78.4 Å². The van der Waals surface area contributed by atoms with Gasteiger partial charge in [0.1, 0.15) is 10.8 Å². The van der Waals surface area contributed by atoms with Gasteiger partial charge in [-0.05, 0) is 29.3 Å². The molecule has 1 atom stereocenters. The van der Waals surface area contributed by atoms with E-state index in [-0.39, 0.29) is 24.4 Å². The second-order valence-electron chi connectivity index (χ2n) is 6.28. The van der Waals surface area contributed by atoms with E-state index >= 15 is 0 Å². The van der Waals surface area contributed by atoms with E-state index in [4.69, 9.17) is 0 Å². The number of halogens is 1. The molecule has 3 aromatic rings. The highest BCUT2D eigenvalue weighted by Gasteiger charge is 2.32. The number of hydrogen-bond acceptors (Lipinski definition) is 5. The van der Waals surface area contributed by atoms with Gasteiger partial charge in [-0.1, -0.05) is 41.7 Å². The van der Waals surface area contributed by atoms with E-state index in [0.717, 1.165) is 21.8 Å². The summed E-state index contributed by atoms with van der Waals surface area (Å²) in [6.45, 7) is 0.407. The molecular weight excluding hydrogens is 367 g/mol. The summed E-state index contributed by atoms with van der Waals surface area (Å²) in [5, 5.41) is 21.6. The Labute approximate surface area is 159 Å². The lowest BCUT2D eigenvalue weighted by atomic mass is 10.0. The minimum Gasteiger partial charge on any atom is -0.396 e. The van der Waals surface area contributed by atoms with Crippen LogP contribution in [0, 0.1) is 5.82 Å². The fourth-order valence-electron chi connectivity index (χ4n) is 3.16. The van der Waals surface area contributed by atoms with Crippen LogP contribution in [0.1, 0.15) is 22.1 Å². The Morgan fingerprint density at radius 2 is 2.00 bits per heavy atom. The summed E-state index contributed by atoms with van der Waals surface area (Å²) in [6, 6.07) is 13.5. The number of nitrogens with one attached hydrogen (secondary N) is 1. The maximum atomic E-state index is 13.0. The minimum atomic E-state index is -0.303. The number of carbonyl (C=O) groups excluding carboxylic acids is 1. The van der Waals surface area contributed by atoms with E-state index in [2.05, 4.69) is 15.5 Å². The van der Waals surface area contributed by atoms with Gasteiger partial charge in [0.05, 0.1) is 6.61 Å². The van der Waals surface area contributed by atoms with Crippen LogP contribution in [0.5, 0.6) is 0 Å². The molecule has 27 heavy (non-hydrogen) atoms. The Hall–Kier alpha value is -2.84. The molecule has 6 nitrogen and oxygen atoms in total. The molecule has 2 amide bonds. The number of rotatable bonds is 4. The van der Waals surface area contributed by atoms with Gasteiger partial charge in [0.15, 0.2) is 0 Å². The number of amides is 2. The third kappa shape index (κ3) is 3.67. The van der Waals surface area contributed by atoms with E-state index < -0.39 is 0 Å². The highest BCUT2D eigenvalue weighted by atomic mass is 32.1. The summed E-state index contributed by atoms with van der Waals surface area (Å²) < 4.78 is 13.0. The van der Waals surface area contributed by atoms with Gasteiger partial charge in [0.2, 0.25) is 5.13 Å². The van der Waals surface area contributed by atoms with Crippen molar-refractivity contribution in [1.29, 1.82) is 0 Å². The van der Waals surface area contributed by atoms with Crippen LogP contribution in [0.3, 0.4) is 0 Å². The predicted octanol–water partition coefficient (Wildman–Crippen LogP) is 3.40. The molecule has 4 rings (SSSR count). The van der Waals surface area contributed by atoms with Gasteiger partial charge >= 0.3 is 6.03 Å². The number of aliphatic hydroxyl groups is 1. The third-order valence-electron chi connectivity index (χ3n) is 4.49. The van der Waals surface area contributed by atoms with E-state index in [0.29, 0.717) is 18.1 Å². The number of aliphatic hydroxyl groups excluding tert-OH is 1. The molecule has 1 unspecified atom stereocenters. The number of hydrogen-bond donors (Lipinski definition) is 2. The molecule has 0 spiro atoms. The highest BCUT2D eigenvalue weighted by Crippen LogP contribution is 2.36. The van der Waals surface area contributed by atoms with Gasteiger partial charge in [-0.25, -0.2) is 9.18 Å². The molecule has 2 heterocycles. The first-order valence-electron chi connectivity index (χ1n) is 8.49. The molecule has 0 bridgehead atoms. The Bertz CT molecular complexity index is 960. The molecule has 8 heteroatoms. The fraction of sp³-hybridized carbons (Fsp3) is 0.211. The molecule has 0 saturated carbocycles. The second-order valence-corrected chi connectivity index (χ2v) is 7.35. The van der Waals surface area contributed by atoms with Crippen molar-refractivity contribution in [3.8, 4) is 0 Å². The predicted molar refractivity (Wildman–Crippen MR) is 102 cm³/mol. The SMILES string of the molecule is O=C(Nc1nnc(Cc2ccc(F)cc2)s1)N1CC(CO)c2ccccc21. The first-order valence-corrected chi connectivity index (χ1v) is 9.31. The summed E-state index contributed by atoms with van der Waals surface area (Å²) in [4.78, 5) is 14.3. The second kappa shape index (κ2) is 7.42. The summed E-state index contributed by atoms with van der Waals surface area (Å²) in [6.07, 6.45) is 0.521. The van der Waals surface area contributed by atoms with Crippen molar-refractivity contribution in [2.24, 2.45) is 0 Å². The number of carbonyl (C=O) groups is 1. The molecule has 0 radical (unpaired) electrons. The third-order valence-corrected chi connectivity index (χ3v) is 5.32. The Morgan fingerprint density at radius 3 is 2.78 bits per heavy atom. The van der Waals surface area contributed by atoms with Gasteiger partial charge in [-0.15, -0.1) is 10.2 Å². The number of anilines is 2. The van der Waals surface area contributed by atoms with Crippen LogP contribution in [0.4, 0.5) is 20.0 Å². The smallest absolute Gasteiger partial charge is 0.328 e. The number of aromatic nitrogens is 2. The van der Waals surface area contributed by atoms with Crippen molar-refractivity contribution in [1.82, 2.24) is 10.2 Å². The number of urea groups is 1. The van der Waals surface area contributed by atoms with Crippen LogP contribution in [0.2, 0.25) is 0 Å². The zero-order valence-electron chi connectivity index (χ0n) is 14.3. The Balaban J connectivity index is 1.45. The lowest BCUT2D eigenvalue weighted by Gasteiger charge is -2.17. The Kier molecular flexibility index (Phi) is 4.83. The van der Waals surface area contributed by atoms with E-state index in [1.807, 2.05) is 24.3 Å². The average Bonchev–Trinajstić information content (AvgIpc) is 3.27. The van der Waals surface area contributed by atoms with Crippen molar-refractivity contribution >= 4 is 28.2 Å². The quantitative estimate of drug-likeness (QED) is 0.723. The normalized spacial score (nSPS) is 15.6. The molecule has 1 aliphatic rings. The van der Waals surface area contributed by atoms with Crippen molar-refractivity contribution in [3.05, 3.63) is 70.5 Å². The molecule has 1 aromatic heterocycles. The van der Waals surface area contributed by atoms with Crippen LogP contribution in [-0.4, -0.2) is 34.5 Å². The molecule has 0 fully saturated rings. The molecule has 1 aliphatic heterocycles. The molecular formula is C19H17FN4O2S. The van der Waals surface area contributed by atoms with Crippen molar-refractivity contribution in [3.63, 3.8) is 0 Å². The summed E-state index contributed by atoms with van der Waals surface area (Å²) in [5.41, 5.74) is 2.68. The lowest BCUT2D eigenvalue weighted by Crippen LogP contribution is -2.34. The average molecular weight is 384 g/mol. The zero-order valence-corrected chi connectivity index (χ0v) is 15.1. The monoisotopic (exact) mass is 384 g/mol. The van der Waals surface area contributed by atoms with E-state index in [1.165, 1.54) is 23.5 Å². The summed E-state index contributed by atoms with van der Waals surface area (Å²) >= 11 is 1.28. The van der Waals surface area contributed by atoms with Gasteiger partial charge in [0, 0.05) is 24.6 Å².